The summed E-state index contributed by atoms with van der Waals surface area (Å²) in [5.74, 6) is -0.713. The molecule has 1 rings (SSSR count). The van der Waals surface area contributed by atoms with Gasteiger partial charge < -0.3 is 0 Å². The maximum atomic E-state index is 10.1. The second kappa shape index (κ2) is 3.00. The molecule has 0 aromatic carbocycles. The van der Waals surface area contributed by atoms with Gasteiger partial charge in [-0.25, -0.2) is 0 Å². The molecule has 1 aliphatic heterocycles. The average molecular weight is 238 g/mol. The van der Waals surface area contributed by atoms with Gasteiger partial charge in [-0.1, -0.05) is 0 Å². The van der Waals surface area contributed by atoms with Gasteiger partial charge >= 0.3 is 63.3 Å². The SMILES string of the molecule is O=C(O)CC1=CC=C[IH]1. The first kappa shape index (κ1) is 6.80. The fourth-order valence-electron chi connectivity index (χ4n) is 0.562. The number of hydrogen-bond acceptors (Lipinski definition) is 1. The van der Waals surface area contributed by atoms with Crippen molar-refractivity contribution in [1.82, 2.24) is 0 Å². The summed E-state index contributed by atoms with van der Waals surface area (Å²) in [4.78, 5) is 10.1. The van der Waals surface area contributed by atoms with Gasteiger partial charge in [-0.3, -0.25) is 0 Å². The van der Waals surface area contributed by atoms with Crippen molar-refractivity contribution in [1.29, 1.82) is 0 Å². The van der Waals surface area contributed by atoms with Gasteiger partial charge in [0.2, 0.25) is 0 Å². The van der Waals surface area contributed by atoms with E-state index in [4.69, 9.17) is 5.11 Å². The molecule has 0 spiro atoms. The number of carboxylic acid groups (broad SMARTS) is 1. The van der Waals surface area contributed by atoms with Crippen LogP contribution in [0.2, 0.25) is 0 Å². The van der Waals surface area contributed by atoms with Crippen molar-refractivity contribution in [3.8, 4) is 0 Å². The van der Waals surface area contributed by atoms with E-state index in [9.17, 15) is 4.79 Å². The molecule has 0 radical (unpaired) electrons. The first-order valence-corrected chi connectivity index (χ1v) is 5.04. The van der Waals surface area contributed by atoms with Gasteiger partial charge in [0.15, 0.2) is 0 Å². The third kappa shape index (κ3) is 2.17. The molecule has 3 heteroatoms. The Morgan fingerprint density at radius 1 is 1.78 bits per heavy atom. The van der Waals surface area contributed by atoms with Crippen molar-refractivity contribution in [2.75, 3.05) is 0 Å². The van der Waals surface area contributed by atoms with Gasteiger partial charge in [-0.15, -0.1) is 0 Å². The van der Waals surface area contributed by atoms with Crippen LogP contribution in [0.4, 0.5) is 0 Å². The first-order chi connectivity index (χ1) is 4.29. The molecule has 1 aliphatic rings. The van der Waals surface area contributed by atoms with Crippen LogP contribution in [0.15, 0.2) is 19.8 Å². The molecular weight excluding hydrogens is 231 g/mol. The summed E-state index contributed by atoms with van der Waals surface area (Å²) in [5.41, 5.74) is 0. The Hall–Kier alpha value is -0.320. The van der Waals surface area contributed by atoms with Gasteiger partial charge in [-0.2, -0.15) is 0 Å². The molecule has 1 heterocycles. The van der Waals surface area contributed by atoms with Crippen molar-refractivity contribution >= 4 is 27.2 Å². The molecule has 0 saturated carbocycles. The predicted octanol–water partition coefficient (Wildman–Crippen LogP) is 1.58. The van der Waals surface area contributed by atoms with E-state index in [1.165, 1.54) is 0 Å². The van der Waals surface area contributed by atoms with E-state index in [2.05, 4.69) is 4.08 Å². The van der Waals surface area contributed by atoms with Crippen LogP contribution in [0.5, 0.6) is 0 Å². The summed E-state index contributed by atoms with van der Waals surface area (Å²) in [5, 5.41) is 8.33. The third-order valence-electron chi connectivity index (χ3n) is 0.906. The molecule has 9 heavy (non-hydrogen) atoms. The van der Waals surface area contributed by atoms with Crippen LogP contribution < -0.4 is 0 Å². The molecule has 0 bridgehead atoms. The van der Waals surface area contributed by atoms with E-state index in [1.807, 2.05) is 12.2 Å². The summed E-state index contributed by atoms with van der Waals surface area (Å²) in [6.45, 7) is 0. The van der Waals surface area contributed by atoms with Crippen LogP contribution >= 0.6 is 21.2 Å². The zero-order valence-electron chi connectivity index (χ0n) is 4.70. The topological polar surface area (TPSA) is 37.3 Å². The summed E-state index contributed by atoms with van der Waals surface area (Å²) >= 11 is -0.216. The second-order valence-corrected chi connectivity index (χ2v) is 4.60. The molecule has 0 aliphatic carbocycles. The van der Waals surface area contributed by atoms with Crippen LogP contribution in [0.1, 0.15) is 6.42 Å². The number of hydrogen-bond donors (Lipinski definition) is 1. The van der Waals surface area contributed by atoms with E-state index in [0.29, 0.717) is 0 Å². The number of halogens is 1. The van der Waals surface area contributed by atoms with Gasteiger partial charge in [0, 0.05) is 0 Å². The number of allylic oxidation sites excluding steroid dienone is 2. The number of rotatable bonds is 2. The number of aliphatic carboxylic acids is 1. The molecule has 0 aromatic heterocycles. The Labute approximate surface area is 63.5 Å². The quantitative estimate of drug-likeness (QED) is 0.741. The van der Waals surface area contributed by atoms with Crippen LogP contribution in [0, 0.1) is 0 Å². The molecule has 1 N–H and O–H groups in total. The standard InChI is InChI=1S/C6H7IO2/c8-6(9)4-5-2-1-3-7-5/h1-3,7H,4H2,(H,8,9). The monoisotopic (exact) mass is 238 g/mol. The zero-order chi connectivity index (χ0) is 6.69. The number of carbonyl (C=O) groups is 1. The molecule has 2 nitrogen and oxygen atoms in total. The van der Waals surface area contributed by atoms with E-state index in [1.54, 1.807) is 0 Å². The van der Waals surface area contributed by atoms with Crippen molar-refractivity contribution in [3.05, 3.63) is 19.8 Å². The third-order valence-corrected chi connectivity index (χ3v) is 3.41. The Kier molecular flexibility index (Phi) is 2.27. The predicted molar refractivity (Wildman–Crippen MR) is 44.9 cm³/mol. The Morgan fingerprint density at radius 2 is 2.56 bits per heavy atom. The van der Waals surface area contributed by atoms with Crippen molar-refractivity contribution < 1.29 is 9.90 Å². The van der Waals surface area contributed by atoms with Crippen molar-refractivity contribution in [2.45, 2.75) is 6.42 Å². The van der Waals surface area contributed by atoms with Gasteiger partial charge in [0.1, 0.15) is 0 Å². The van der Waals surface area contributed by atoms with Crippen LogP contribution in [-0.4, -0.2) is 11.1 Å². The van der Waals surface area contributed by atoms with E-state index < -0.39 is 5.97 Å². The molecule has 0 atom stereocenters. The maximum absolute atomic E-state index is 10.1. The molecule has 0 unspecified atom stereocenters. The molecule has 0 aromatic rings. The van der Waals surface area contributed by atoms with E-state index in [-0.39, 0.29) is 27.6 Å². The molecule has 50 valence electrons. The average Bonchev–Trinajstić information content (AvgIpc) is 2.15. The second-order valence-electron chi connectivity index (χ2n) is 1.65. The van der Waals surface area contributed by atoms with Crippen molar-refractivity contribution in [2.24, 2.45) is 0 Å². The summed E-state index contributed by atoms with van der Waals surface area (Å²) < 4.78 is 3.21. The van der Waals surface area contributed by atoms with Crippen molar-refractivity contribution in [3.63, 3.8) is 0 Å². The summed E-state index contributed by atoms with van der Waals surface area (Å²) in [6, 6.07) is 0. The normalized spacial score (nSPS) is 16.7. The van der Waals surface area contributed by atoms with Gasteiger partial charge in [0.25, 0.3) is 0 Å². The summed E-state index contributed by atoms with van der Waals surface area (Å²) in [6.07, 6.45) is 4.10. The van der Waals surface area contributed by atoms with Gasteiger partial charge in [-0.05, 0) is 0 Å². The fourth-order valence-corrected chi connectivity index (χ4v) is 2.55. The van der Waals surface area contributed by atoms with Gasteiger partial charge in [0.05, 0.1) is 0 Å². The van der Waals surface area contributed by atoms with E-state index >= 15 is 0 Å². The minimum absolute atomic E-state index is 0.216. The van der Waals surface area contributed by atoms with Crippen LogP contribution in [0.25, 0.3) is 0 Å². The first-order valence-electron chi connectivity index (χ1n) is 2.53. The zero-order valence-corrected chi connectivity index (χ0v) is 7.03. The van der Waals surface area contributed by atoms with Crippen LogP contribution in [0.3, 0.4) is 0 Å². The fraction of sp³-hybridized carbons (Fsp3) is 0.167. The Bertz CT molecular complexity index is 181. The number of carboxylic acids is 1. The van der Waals surface area contributed by atoms with Crippen LogP contribution in [-0.2, 0) is 4.79 Å². The minimum atomic E-state index is -0.713. The Morgan fingerprint density at radius 3 is 3.00 bits per heavy atom. The summed E-state index contributed by atoms with van der Waals surface area (Å²) in [7, 11) is 0. The van der Waals surface area contributed by atoms with E-state index in [0.717, 1.165) is 3.58 Å². The molecule has 0 amide bonds. The molecular formula is C6H7IO2. The molecule has 0 fully saturated rings. The molecule has 0 saturated heterocycles. The Balaban J connectivity index is 2.39.